The molecule has 4 heteroatoms. The molecule has 2 heterocycles. The van der Waals surface area contributed by atoms with E-state index in [0.717, 1.165) is 13.0 Å². The first-order chi connectivity index (χ1) is 7.75. The predicted octanol–water partition coefficient (Wildman–Crippen LogP) is 0.944. The molecule has 0 aliphatic carbocycles. The maximum atomic E-state index is 4.04. The van der Waals surface area contributed by atoms with Crippen LogP contribution in [0.15, 0.2) is 6.20 Å². The summed E-state index contributed by atoms with van der Waals surface area (Å²) in [5.41, 5.74) is 2.56. The second kappa shape index (κ2) is 5.46. The van der Waals surface area contributed by atoms with Gasteiger partial charge < -0.3 is 10.2 Å². The number of likely N-dealkylation sites (tertiary alicyclic amines) is 1. The highest BCUT2D eigenvalue weighted by Crippen LogP contribution is 2.07. The van der Waals surface area contributed by atoms with Gasteiger partial charge in [0.05, 0.1) is 6.20 Å². The first-order valence-corrected chi connectivity index (χ1v) is 6.16. The summed E-state index contributed by atoms with van der Waals surface area (Å²) in [5.74, 6) is 0. The van der Waals surface area contributed by atoms with Crippen LogP contribution in [0, 0.1) is 6.92 Å². The second-order valence-electron chi connectivity index (χ2n) is 4.83. The molecule has 2 rings (SSSR count). The first-order valence-electron chi connectivity index (χ1n) is 6.16. The van der Waals surface area contributed by atoms with E-state index in [1.807, 2.05) is 6.20 Å². The fourth-order valence-electron chi connectivity index (χ4n) is 2.31. The van der Waals surface area contributed by atoms with Crippen LogP contribution in [0.3, 0.4) is 0 Å². The van der Waals surface area contributed by atoms with E-state index in [-0.39, 0.29) is 0 Å². The van der Waals surface area contributed by atoms with Crippen molar-refractivity contribution in [3.05, 3.63) is 17.5 Å². The second-order valence-corrected chi connectivity index (χ2v) is 4.83. The molecular weight excluding hydrogens is 200 g/mol. The molecule has 1 saturated heterocycles. The number of aromatic nitrogens is 2. The van der Waals surface area contributed by atoms with E-state index < -0.39 is 0 Å². The van der Waals surface area contributed by atoms with Crippen LogP contribution in [-0.2, 0) is 6.42 Å². The molecule has 0 bridgehead atoms. The highest BCUT2D eigenvalue weighted by Gasteiger charge is 2.17. The van der Waals surface area contributed by atoms with E-state index in [9.17, 15) is 0 Å². The van der Waals surface area contributed by atoms with Crippen molar-refractivity contribution in [2.45, 2.75) is 32.2 Å². The van der Waals surface area contributed by atoms with Crippen molar-refractivity contribution in [2.75, 3.05) is 26.7 Å². The van der Waals surface area contributed by atoms with Gasteiger partial charge in [0.2, 0.25) is 0 Å². The van der Waals surface area contributed by atoms with Gasteiger partial charge >= 0.3 is 0 Å². The molecule has 1 atom stereocenters. The molecule has 16 heavy (non-hydrogen) atoms. The molecule has 0 amide bonds. The molecule has 2 N–H and O–H groups in total. The van der Waals surface area contributed by atoms with Gasteiger partial charge in [-0.1, -0.05) is 0 Å². The van der Waals surface area contributed by atoms with Crippen molar-refractivity contribution < 1.29 is 0 Å². The third-order valence-electron chi connectivity index (χ3n) is 3.38. The maximum Gasteiger partial charge on any atom is 0.0522 e. The average molecular weight is 222 g/mol. The standard InChI is InChI=1S/C12H22N4/c1-10-11(8-14-15-10)4-3-6-13-12-5-7-16(2)9-12/h8,12-13H,3-7,9H2,1-2H3,(H,14,15). The van der Waals surface area contributed by atoms with Gasteiger partial charge in [0, 0.05) is 18.3 Å². The maximum absolute atomic E-state index is 4.04. The summed E-state index contributed by atoms with van der Waals surface area (Å²) in [6, 6.07) is 0.704. The van der Waals surface area contributed by atoms with Gasteiger partial charge in [0.1, 0.15) is 0 Å². The number of likely N-dealkylation sites (N-methyl/N-ethyl adjacent to an activating group) is 1. The summed E-state index contributed by atoms with van der Waals surface area (Å²) in [5, 5.41) is 10.6. The number of hydrogen-bond donors (Lipinski definition) is 2. The van der Waals surface area contributed by atoms with Crippen molar-refractivity contribution in [3.8, 4) is 0 Å². The molecule has 1 aliphatic heterocycles. The predicted molar refractivity (Wildman–Crippen MR) is 65.6 cm³/mol. The number of nitrogens with one attached hydrogen (secondary N) is 2. The van der Waals surface area contributed by atoms with Gasteiger partial charge in [-0.25, -0.2) is 0 Å². The molecule has 0 radical (unpaired) electrons. The summed E-state index contributed by atoms with van der Waals surface area (Å²) >= 11 is 0. The van der Waals surface area contributed by atoms with Gasteiger partial charge in [-0.2, -0.15) is 5.10 Å². The number of rotatable bonds is 5. The largest absolute Gasteiger partial charge is 0.313 e. The summed E-state index contributed by atoms with van der Waals surface area (Å²) in [6.07, 6.45) is 5.55. The van der Waals surface area contributed by atoms with Gasteiger partial charge in [0.25, 0.3) is 0 Å². The SMILES string of the molecule is Cc1[nH]ncc1CCCNC1CCN(C)C1. The van der Waals surface area contributed by atoms with E-state index in [2.05, 4.69) is 34.4 Å². The van der Waals surface area contributed by atoms with Crippen LogP contribution in [0.5, 0.6) is 0 Å². The van der Waals surface area contributed by atoms with Crippen LogP contribution in [0.4, 0.5) is 0 Å². The van der Waals surface area contributed by atoms with Crippen molar-refractivity contribution in [2.24, 2.45) is 0 Å². The molecular formula is C12H22N4. The molecule has 1 aromatic heterocycles. The number of nitrogens with zero attached hydrogens (tertiary/aromatic N) is 2. The Hall–Kier alpha value is -0.870. The zero-order valence-corrected chi connectivity index (χ0v) is 10.3. The lowest BCUT2D eigenvalue weighted by Gasteiger charge is -2.12. The molecule has 1 unspecified atom stereocenters. The minimum absolute atomic E-state index is 0.704. The van der Waals surface area contributed by atoms with E-state index in [0.29, 0.717) is 6.04 Å². The Balaban J connectivity index is 1.60. The minimum Gasteiger partial charge on any atom is -0.313 e. The lowest BCUT2D eigenvalue weighted by Crippen LogP contribution is -2.32. The van der Waals surface area contributed by atoms with Gasteiger partial charge in [-0.3, -0.25) is 5.10 Å². The average Bonchev–Trinajstić information content (AvgIpc) is 2.83. The first kappa shape index (κ1) is 11.6. The molecule has 1 aliphatic rings. The van der Waals surface area contributed by atoms with E-state index in [4.69, 9.17) is 0 Å². The Morgan fingerprint density at radius 2 is 2.50 bits per heavy atom. The lowest BCUT2D eigenvalue weighted by atomic mass is 10.1. The summed E-state index contributed by atoms with van der Waals surface area (Å²) < 4.78 is 0. The highest BCUT2D eigenvalue weighted by molar-refractivity contribution is 5.14. The fraction of sp³-hybridized carbons (Fsp3) is 0.750. The third kappa shape index (κ3) is 3.06. The molecule has 0 spiro atoms. The Kier molecular flexibility index (Phi) is 3.96. The molecule has 0 saturated carbocycles. The van der Waals surface area contributed by atoms with Crippen molar-refractivity contribution >= 4 is 0 Å². The van der Waals surface area contributed by atoms with E-state index in [1.165, 1.54) is 37.2 Å². The van der Waals surface area contributed by atoms with Crippen LogP contribution < -0.4 is 5.32 Å². The van der Waals surface area contributed by atoms with Gasteiger partial charge in [-0.05, 0) is 51.9 Å². The number of H-pyrrole nitrogens is 1. The Bertz CT molecular complexity index is 321. The van der Waals surface area contributed by atoms with Crippen LogP contribution in [0.25, 0.3) is 0 Å². The monoisotopic (exact) mass is 222 g/mol. The molecule has 4 nitrogen and oxygen atoms in total. The van der Waals surface area contributed by atoms with Crippen LogP contribution in [0.1, 0.15) is 24.1 Å². The number of hydrogen-bond acceptors (Lipinski definition) is 3. The van der Waals surface area contributed by atoms with E-state index >= 15 is 0 Å². The summed E-state index contributed by atoms with van der Waals surface area (Å²) in [7, 11) is 2.19. The van der Waals surface area contributed by atoms with E-state index in [1.54, 1.807) is 0 Å². The quantitative estimate of drug-likeness (QED) is 0.729. The number of aryl methyl sites for hydroxylation is 2. The minimum atomic E-state index is 0.704. The van der Waals surface area contributed by atoms with Crippen LogP contribution in [-0.4, -0.2) is 47.8 Å². The molecule has 0 aromatic carbocycles. The van der Waals surface area contributed by atoms with Crippen molar-refractivity contribution in [1.82, 2.24) is 20.4 Å². The van der Waals surface area contributed by atoms with Crippen molar-refractivity contribution in [3.63, 3.8) is 0 Å². The van der Waals surface area contributed by atoms with Crippen LogP contribution in [0.2, 0.25) is 0 Å². The van der Waals surface area contributed by atoms with Crippen molar-refractivity contribution in [1.29, 1.82) is 0 Å². The van der Waals surface area contributed by atoms with Gasteiger partial charge in [-0.15, -0.1) is 0 Å². The Morgan fingerprint density at radius 1 is 1.62 bits per heavy atom. The lowest BCUT2D eigenvalue weighted by molar-refractivity contribution is 0.397. The molecule has 90 valence electrons. The molecule has 1 fully saturated rings. The zero-order valence-electron chi connectivity index (χ0n) is 10.3. The Morgan fingerprint density at radius 3 is 3.12 bits per heavy atom. The van der Waals surface area contributed by atoms with Gasteiger partial charge in [0.15, 0.2) is 0 Å². The molecule has 1 aromatic rings. The zero-order chi connectivity index (χ0) is 11.4. The third-order valence-corrected chi connectivity index (χ3v) is 3.38. The summed E-state index contributed by atoms with van der Waals surface area (Å²) in [6.45, 7) is 5.63. The number of aromatic amines is 1. The normalized spacial score (nSPS) is 21.8. The van der Waals surface area contributed by atoms with Crippen LogP contribution >= 0.6 is 0 Å². The highest BCUT2D eigenvalue weighted by atomic mass is 15.2. The summed E-state index contributed by atoms with van der Waals surface area (Å²) in [4.78, 5) is 2.39. The topological polar surface area (TPSA) is 44.0 Å². The fourth-order valence-corrected chi connectivity index (χ4v) is 2.31. The Labute approximate surface area is 97.4 Å². The smallest absolute Gasteiger partial charge is 0.0522 e.